The van der Waals surface area contributed by atoms with Crippen molar-refractivity contribution in [1.29, 1.82) is 0 Å². The number of nitrogens with zero attached hydrogens (tertiary/aromatic N) is 2. The Kier molecular flexibility index (Phi) is 6.01. The van der Waals surface area contributed by atoms with E-state index in [-0.39, 0.29) is 11.1 Å². The van der Waals surface area contributed by atoms with E-state index in [1.807, 2.05) is 37.3 Å². The van der Waals surface area contributed by atoms with E-state index >= 15 is 0 Å². The van der Waals surface area contributed by atoms with Gasteiger partial charge in [-0.05, 0) is 38.1 Å². The number of thiazole rings is 1. The molecule has 9 heteroatoms. The van der Waals surface area contributed by atoms with Crippen LogP contribution in [0.4, 0.5) is 0 Å². The lowest BCUT2D eigenvalue weighted by atomic mass is 9.95. The molecule has 0 spiro atoms. The van der Waals surface area contributed by atoms with Crippen molar-refractivity contribution in [3.05, 3.63) is 90.2 Å². The highest BCUT2D eigenvalue weighted by Gasteiger charge is 2.35. The Hall–Kier alpha value is -4.11. The first-order valence-corrected chi connectivity index (χ1v) is 12.1. The van der Waals surface area contributed by atoms with Gasteiger partial charge in [0.1, 0.15) is 17.5 Å². The molecule has 0 amide bonds. The SMILES string of the molecule is COC(=O)C1=C(C)N=c2s/c(=C\c3c(C)[nH]c4ccccc34)c(=O)n2[C@H]1c1ccc(OC)cc1OC. The summed E-state index contributed by atoms with van der Waals surface area (Å²) in [5.41, 5.74) is 4.05. The van der Waals surface area contributed by atoms with Crippen LogP contribution in [0.2, 0.25) is 0 Å². The summed E-state index contributed by atoms with van der Waals surface area (Å²) in [6.07, 6.45) is 1.89. The Labute approximate surface area is 210 Å². The molecule has 3 heterocycles. The number of methoxy groups -OCH3 is 3. The van der Waals surface area contributed by atoms with E-state index in [0.717, 1.165) is 22.2 Å². The zero-order chi connectivity index (χ0) is 25.6. The lowest BCUT2D eigenvalue weighted by Crippen LogP contribution is -2.40. The van der Waals surface area contributed by atoms with Crippen LogP contribution in [-0.4, -0.2) is 36.8 Å². The maximum atomic E-state index is 13.9. The quantitative estimate of drug-likeness (QED) is 0.422. The van der Waals surface area contributed by atoms with Crippen molar-refractivity contribution in [1.82, 2.24) is 9.55 Å². The van der Waals surface area contributed by atoms with Crippen molar-refractivity contribution in [3.8, 4) is 11.5 Å². The van der Waals surface area contributed by atoms with Gasteiger partial charge in [0.25, 0.3) is 5.56 Å². The summed E-state index contributed by atoms with van der Waals surface area (Å²) in [4.78, 5) is 35.3. The number of carbonyl (C=O) groups is 1. The van der Waals surface area contributed by atoms with Crippen LogP contribution in [0.25, 0.3) is 17.0 Å². The van der Waals surface area contributed by atoms with Crippen LogP contribution in [0.5, 0.6) is 11.5 Å². The smallest absolute Gasteiger partial charge is 0.338 e. The molecule has 8 nitrogen and oxygen atoms in total. The van der Waals surface area contributed by atoms with E-state index < -0.39 is 12.0 Å². The Morgan fingerprint density at radius 3 is 2.61 bits per heavy atom. The zero-order valence-corrected chi connectivity index (χ0v) is 21.4. The number of para-hydroxylation sites is 1. The second-order valence-electron chi connectivity index (χ2n) is 8.39. The molecule has 1 aliphatic rings. The van der Waals surface area contributed by atoms with Gasteiger partial charge in [0.2, 0.25) is 0 Å². The summed E-state index contributed by atoms with van der Waals surface area (Å²) in [5.74, 6) is 0.525. The Balaban J connectivity index is 1.80. The Morgan fingerprint density at radius 1 is 1.11 bits per heavy atom. The van der Waals surface area contributed by atoms with Crippen LogP contribution in [0.3, 0.4) is 0 Å². The summed E-state index contributed by atoms with van der Waals surface area (Å²) in [7, 11) is 4.42. The van der Waals surface area contributed by atoms with Crippen molar-refractivity contribution >= 4 is 34.3 Å². The summed E-state index contributed by atoms with van der Waals surface area (Å²) >= 11 is 1.28. The number of allylic oxidation sites excluding steroid dienone is 1. The average molecular weight is 504 g/mol. The topological polar surface area (TPSA) is 94.9 Å². The highest BCUT2D eigenvalue weighted by atomic mass is 32.1. The number of nitrogens with one attached hydrogen (secondary N) is 1. The average Bonchev–Trinajstić information content (AvgIpc) is 3.37. The maximum Gasteiger partial charge on any atom is 0.338 e. The molecule has 0 fully saturated rings. The Bertz CT molecular complexity index is 1720. The van der Waals surface area contributed by atoms with Gasteiger partial charge in [-0.3, -0.25) is 9.36 Å². The summed E-state index contributed by atoms with van der Waals surface area (Å²) < 4.78 is 18.1. The number of esters is 1. The van der Waals surface area contributed by atoms with E-state index in [2.05, 4.69) is 9.98 Å². The van der Waals surface area contributed by atoms with Crippen LogP contribution >= 0.6 is 11.3 Å². The molecule has 0 saturated carbocycles. The van der Waals surface area contributed by atoms with Gasteiger partial charge >= 0.3 is 5.97 Å². The molecule has 1 aliphatic heterocycles. The number of hydrogen-bond acceptors (Lipinski definition) is 7. The number of ether oxygens (including phenoxy) is 3. The van der Waals surface area contributed by atoms with Crippen LogP contribution < -0.4 is 24.4 Å². The number of fused-ring (bicyclic) bond motifs is 2. The van der Waals surface area contributed by atoms with E-state index in [9.17, 15) is 9.59 Å². The normalized spacial score (nSPS) is 15.6. The lowest BCUT2D eigenvalue weighted by Gasteiger charge is -2.25. The van der Waals surface area contributed by atoms with E-state index in [1.54, 1.807) is 36.8 Å². The number of aryl methyl sites for hydroxylation is 1. The van der Waals surface area contributed by atoms with Crippen molar-refractivity contribution in [2.24, 2.45) is 4.99 Å². The maximum absolute atomic E-state index is 13.9. The molecule has 0 radical (unpaired) electrons. The third-order valence-electron chi connectivity index (χ3n) is 6.38. The summed E-state index contributed by atoms with van der Waals surface area (Å²) in [6, 6.07) is 12.5. The monoisotopic (exact) mass is 503 g/mol. The molecule has 184 valence electrons. The standard InChI is InChI=1S/C27H25N3O5S/c1-14-19(17-8-6-7-9-20(17)28-14)13-22-25(31)30-24(18-11-10-16(33-3)12-21(18)34-4)23(26(32)35-5)15(2)29-27(30)36-22/h6-13,24,28H,1-5H3/b22-13-/t24-/m0/s1. The van der Waals surface area contributed by atoms with Gasteiger partial charge < -0.3 is 19.2 Å². The zero-order valence-electron chi connectivity index (χ0n) is 20.5. The molecule has 2 aromatic heterocycles. The number of benzene rings is 2. The molecule has 1 atom stereocenters. The number of rotatable bonds is 5. The van der Waals surface area contributed by atoms with Gasteiger partial charge in [0.15, 0.2) is 4.80 Å². The van der Waals surface area contributed by atoms with Gasteiger partial charge in [-0.15, -0.1) is 0 Å². The fourth-order valence-corrected chi connectivity index (χ4v) is 5.68. The van der Waals surface area contributed by atoms with Crippen LogP contribution in [-0.2, 0) is 9.53 Å². The summed E-state index contributed by atoms with van der Waals surface area (Å²) in [5, 5.41) is 1.03. The number of hydrogen-bond donors (Lipinski definition) is 1. The predicted molar refractivity (Wildman–Crippen MR) is 138 cm³/mol. The van der Waals surface area contributed by atoms with E-state index in [1.165, 1.54) is 25.6 Å². The molecule has 4 aromatic rings. The molecular weight excluding hydrogens is 478 g/mol. The van der Waals surface area contributed by atoms with Crippen molar-refractivity contribution in [2.45, 2.75) is 19.9 Å². The molecule has 0 aliphatic carbocycles. The molecule has 1 N–H and O–H groups in total. The van der Waals surface area contributed by atoms with Gasteiger partial charge in [0, 0.05) is 33.8 Å². The minimum absolute atomic E-state index is 0.250. The van der Waals surface area contributed by atoms with Crippen molar-refractivity contribution in [2.75, 3.05) is 21.3 Å². The second kappa shape index (κ2) is 9.16. The number of carbonyl (C=O) groups excluding carboxylic acids is 1. The lowest BCUT2D eigenvalue weighted by molar-refractivity contribution is -0.136. The third kappa shape index (κ3) is 3.72. The number of aromatic amines is 1. The second-order valence-corrected chi connectivity index (χ2v) is 9.40. The van der Waals surface area contributed by atoms with E-state index in [0.29, 0.717) is 32.1 Å². The Morgan fingerprint density at radius 2 is 1.89 bits per heavy atom. The molecule has 5 rings (SSSR count). The first-order valence-electron chi connectivity index (χ1n) is 11.3. The van der Waals surface area contributed by atoms with Crippen molar-refractivity contribution in [3.63, 3.8) is 0 Å². The minimum atomic E-state index is -0.777. The van der Waals surface area contributed by atoms with E-state index in [4.69, 9.17) is 14.2 Å². The van der Waals surface area contributed by atoms with Crippen LogP contribution in [0, 0.1) is 6.92 Å². The van der Waals surface area contributed by atoms with Crippen molar-refractivity contribution < 1.29 is 19.0 Å². The largest absolute Gasteiger partial charge is 0.497 e. The first kappa shape index (κ1) is 23.6. The summed E-state index contributed by atoms with van der Waals surface area (Å²) in [6.45, 7) is 3.73. The molecule has 0 bridgehead atoms. The molecular formula is C27H25N3O5S. The third-order valence-corrected chi connectivity index (χ3v) is 7.36. The minimum Gasteiger partial charge on any atom is -0.497 e. The molecule has 36 heavy (non-hydrogen) atoms. The van der Waals surface area contributed by atoms with Gasteiger partial charge in [0.05, 0.1) is 37.1 Å². The fourth-order valence-electron chi connectivity index (χ4n) is 4.65. The van der Waals surface area contributed by atoms with Gasteiger partial charge in [-0.2, -0.15) is 0 Å². The fraction of sp³-hybridized carbons (Fsp3) is 0.222. The highest BCUT2D eigenvalue weighted by Crippen LogP contribution is 2.37. The van der Waals surface area contributed by atoms with Gasteiger partial charge in [-0.25, -0.2) is 9.79 Å². The van der Waals surface area contributed by atoms with Crippen LogP contribution in [0.15, 0.2) is 63.5 Å². The predicted octanol–water partition coefficient (Wildman–Crippen LogP) is 3.22. The van der Waals surface area contributed by atoms with Crippen LogP contribution in [0.1, 0.15) is 29.8 Å². The highest BCUT2D eigenvalue weighted by molar-refractivity contribution is 7.07. The molecule has 0 saturated heterocycles. The molecule has 0 unspecified atom stereocenters. The first-order chi connectivity index (χ1) is 17.4. The van der Waals surface area contributed by atoms with Gasteiger partial charge in [-0.1, -0.05) is 29.5 Å². The number of H-pyrrole nitrogens is 1. The number of aromatic nitrogens is 2. The molecule has 2 aromatic carbocycles.